The molecule has 42 heavy (non-hydrogen) atoms. The normalized spacial score (nSPS) is 12.6. The number of ether oxygens (including phenoxy) is 4. The molecule has 0 saturated carbocycles. The molecule has 0 saturated heterocycles. The van der Waals surface area contributed by atoms with Crippen molar-refractivity contribution in [1.29, 1.82) is 0 Å². The maximum Gasteiger partial charge on any atom is 0.411 e. The topological polar surface area (TPSA) is 164 Å². The number of fused-ring (bicyclic) bond motifs is 2. The molecule has 4 aromatic heterocycles. The minimum Gasteiger partial charge on any atom is -0.480 e. The zero-order chi connectivity index (χ0) is 29.8. The van der Waals surface area contributed by atoms with Gasteiger partial charge in [-0.3, -0.25) is 5.32 Å². The molecule has 5 aromatic rings. The number of benzene rings is 1. The maximum absolute atomic E-state index is 14.9. The smallest absolute Gasteiger partial charge is 0.411 e. The van der Waals surface area contributed by atoms with Gasteiger partial charge in [-0.15, -0.1) is 0 Å². The summed E-state index contributed by atoms with van der Waals surface area (Å²) in [4.78, 5) is 38.3. The number of aromatic nitrogens is 6. The molecular formula is C27H26FN7O6S. The van der Waals surface area contributed by atoms with Crippen molar-refractivity contribution < 1.29 is 33.2 Å². The Morgan fingerprint density at radius 3 is 2.57 bits per heavy atom. The van der Waals surface area contributed by atoms with E-state index in [1.807, 2.05) is 19.1 Å². The molecule has 15 heteroatoms. The molecule has 0 aliphatic carbocycles. The molecule has 2 atom stereocenters. The zero-order valence-electron chi connectivity index (χ0n) is 23.0. The van der Waals surface area contributed by atoms with E-state index >= 15 is 0 Å². The Hall–Kier alpha value is -4.76. The van der Waals surface area contributed by atoms with Crippen molar-refractivity contribution in [2.24, 2.45) is 0 Å². The van der Waals surface area contributed by atoms with Gasteiger partial charge in [0.15, 0.2) is 5.82 Å². The highest BCUT2D eigenvalue weighted by Gasteiger charge is 2.19. The Bertz CT molecular complexity index is 1730. The summed E-state index contributed by atoms with van der Waals surface area (Å²) >= 11 is 1.26. The second-order valence-corrected chi connectivity index (χ2v) is 10.3. The molecule has 0 fully saturated rings. The number of anilines is 1. The van der Waals surface area contributed by atoms with Gasteiger partial charge in [-0.25, -0.2) is 34.1 Å². The third-order valence-corrected chi connectivity index (χ3v) is 6.60. The van der Waals surface area contributed by atoms with Crippen LogP contribution in [0.3, 0.4) is 0 Å². The van der Waals surface area contributed by atoms with E-state index in [0.717, 1.165) is 11.1 Å². The van der Waals surface area contributed by atoms with E-state index in [1.165, 1.54) is 43.1 Å². The van der Waals surface area contributed by atoms with Gasteiger partial charge in [0.25, 0.3) is 5.88 Å². The van der Waals surface area contributed by atoms with Crippen LogP contribution in [0.5, 0.6) is 17.8 Å². The van der Waals surface area contributed by atoms with Crippen LogP contribution in [0, 0.1) is 12.7 Å². The molecule has 0 spiro atoms. The summed E-state index contributed by atoms with van der Waals surface area (Å²) in [5.41, 5.74) is 3.61. The summed E-state index contributed by atoms with van der Waals surface area (Å²) in [5, 5.41) is 12.3. The lowest BCUT2D eigenvalue weighted by Gasteiger charge is -2.15. The molecule has 0 bridgehead atoms. The first-order valence-corrected chi connectivity index (χ1v) is 13.5. The van der Waals surface area contributed by atoms with Crippen LogP contribution in [0.1, 0.15) is 19.4 Å². The van der Waals surface area contributed by atoms with Gasteiger partial charge in [0, 0.05) is 11.6 Å². The van der Waals surface area contributed by atoms with Crippen LogP contribution in [-0.4, -0.2) is 73.6 Å². The molecule has 4 heterocycles. The van der Waals surface area contributed by atoms with Crippen LogP contribution in [-0.2, 0) is 4.74 Å². The summed E-state index contributed by atoms with van der Waals surface area (Å²) < 4.78 is 36.1. The van der Waals surface area contributed by atoms with Crippen LogP contribution in [0.4, 0.5) is 14.9 Å². The van der Waals surface area contributed by atoms with Crippen molar-refractivity contribution >= 4 is 44.5 Å². The SMILES string of the molecule is COc1cnc2c(-c3nc4cc(F)c(O[C@@H](C)COC(=O)Nc5cnc(OC[C@@H](C)O)nc5)nc4s3)cc(C)cc2n1. The molecule has 1 amide bonds. The predicted octanol–water partition coefficient (Wildman–Crippen LogP) is 4.32. The van der Waals surface area contributed by atoms with E-state index in [4.69, 9.17) is 18.9 Å². The Morgan fingerprint density at radius 2 is 1.83 bits per heavy atom. The molecule has 5 rings (SSSR count). The average molecular weight is 596 g/mol. The lowest BCUT2D eigenvalue weighted by Crippen LogP contribution is -2.25. The summed E-state index contributed by atoms with van der Waals surface area (Å²) in [6.45, 7) is 4.96. The molecule has 0 radical (unpaired) electrons. The second kappa shape index (κ2) is 12.4. The largest absolute Gasteiger partial charge is 0.480 e. The number of carbonyl (C=O) groups is 1. The van der Waals surface area contributed by atoms with Crippen molar-refractivity contribution in [3.8, 4) is 28.3 Å². The van der Waals surface area contributed by atoms with E-state index in [1.54, 1.807) is 13.8 Å². The van der Waals surface area contributed by atoms with Crippen molar-refractivity contribution in [1.82, 2.24) is 29.9 Å². The van der Waals surface area contributed by atoms with E-state index in [9.17, 15) is 14.3 Å². The number of pyridine rings is 1. The van der Waals surface area contributed by atoms with Gasteiger partial charge in [-0.1, -0.05) is 11.3 Å². The fourth-order valence-electron chi connectivity index (χ4n) is 3.75. The van der Waals surface area contributed by atoms with Gasteiger partial charge in [0.2, 0.25) is 5.88 Å². The minimum atomic E-state index is -0.784. The molecule has 218 valence electrons. The highest BCUT2D eigenvalue weighted by Crippen LogP contribution is 2.35. The zero-order valence-corrected chi connectivity index (χ0v) is 23.8. The van der Waals surface area contributed by atoms with Gasteiger partial charge in [-0.05, 0) is 38.5 Å². The van der Waals surface area contributed by atoms with E-state index in [0.29, 0.717) is 32.3 Å². The maximum atomic E-state index is 14.9. The summed E-state index contributed by atoms with van der Waals surface area (Å²) in [5.74, 6) is -0.550. The van der Waals surface area contributed by atoms with Crippen molar-refractivity contribution in [3.05, 3.63) is 48.2 Å². The fraction of sp³-hybridized carbons (Fsp3) is 0.296. The van der Waals surface area contributed by atoms with Gasteiger partial charge in [0.05, 0.1) is 48.5 Å². The predicted molar refractivity (Wildman–Crippen MR) is 151 cm³/mol. The number of aliphatic hydroxyl groups excluding tert-OH is 1. The molecule has 13 nitrogen and oxygen atoms in total. The number of nitrogens with zero attached hydrogens (tertiary/aromatic N) is 6. The number of hydrogen-bond acceptors (Lipinski definition) is 13. The van der Waals surface area contributed by atoms with Gasteiger partial charge >= 0.3 is 12.1 Å². The lowest BCUT2D eigenvalue weighted by atomic mass is 10.1. The third-order valence-electron chi connectivity index (χ3n) is 5.60. The highest BCUT2D eigenvalue weighted by atomic mass is 32.1. The first-order valence-electron chi connectivity index (χ1n) is 12.7. The first-order chi connectivity index (χ1) is 20.2. The van der Waals surface area contributed by atoms with Crippen LogP contribution in [0.25, 0.3) is 32.0 Å². The summed E-state index contributed by atoms with van der Waals surface area (Å²) in [6.07, 6.45) is 2.01. The van der Waals surface area contributed by atoms with E-state index in [-0.39, 0.29) is 30.8 Å². The molecule has 0 aliphatic heterocycles. The lowest BCUT2D eigenvalue weighted by molar-refractivity contribution is 0.0941. The third kappa shape index (κ3) is 6.75. The number of thiazole rings is 1. The minimum absolute atomic E-state index is 0.0361. The average Bonchev–Trinajstić information content (AvgIpc) is 3.37. The number of methoxy groups -OCH3 is 1. The number of carbonyl (C=O) groups excluding carboxylic acids is 1. The Morgan fingerprint density at radius 1 is 1.05 bits per heavy atom. The second-order valence-electron chi connectivity index (χ2n) is 9.28. The number of aryl methyl sites for hydroxylation is 1. The number of nitrogens with one attached hydrogen (secondary N) is 1. The van der Waals surface area contributed by atoms with Gasteiger partial charge in [0.1, 0.15) is 34.7 Å². The number of halogens is 1. The van der Waals surface area contributed by atoms with Crippen LogP contribution in [0.2, 0.25) is 0 Å². The van der Waals surface area contributed by atoms with Crippen LogP contribution >= 0.6 is 11.3 Å². The molecule has 0 unspecified atom stereocenters. The molecular weight excluding hydrogens is 569 g/mol. The Balaban J connectivity index is 1.23. The number of aliphatic hydroxyl groups is 1. The summed E-state index contributed by atoms with van der Waals surface area (Å²) in [6, 6.07) is 5.14. The number of hydrogen-bond donors (Lipinski definition) is 2. The first kappa shape index (κ1) is 28.8. The highest BCUT2D eigenvalue weighted by molar-refractivity contribution is 7.21. The Labute approximate surface area is 242 Å². The molecule has 2 N–H and O–H groups in total. The van der Waals surface area contributed by atoms with Gasteiger partial charge in [-0.2, -0.15) is 4.98 Å². The quantitative estimate of drug-likeness (QED) is 0.235. The molecule has 0 aliphatic rings. The van der Waals surface area contributed by atoms with E-state index in [2.05, 4.69) is 35.2 Å². The standard InChI is InChI=1S/C27H26FN7O6S/c1-13-5-17(22-19(6-13)33-21(38-4)10-29-22)24-34-20-7-18(28)23(35-25(20)42-24)41-15(3)12-40-27(37)32-16-8-30-26(31-9-16)39-11-14(2)36/h5-10,14-15,36H,11-12H2,1-4H3,(H,32,37)/t14-,15+/m1/s1. The van der Waals surface area contributed by atoms with Crippen molar-refractivity contribution in [3.63, 3.8) is 0 Å². The Kier molecular flexibility index (Phi) is 8.49. The van der Waals surface area contributed by atoms with Crippen LogP contribution in [0.15, 0.2) is 36.8 Å². The van der Waals surface area contributed by atoms with Crippen molar-refractivity contribution in [2.45, 2.75) is 33.0 Å². The monoisotopic (exact) mass is 595 g/mol. The van der Waals surface area contributed by atoms with Gasteiger partial charge < -0.3 is 24.1 Å². The fourth-order valence-corrected chi connectivity index (χ4v) is 4.68. The van der Waals surface area contributed by atoms with Crippen molar-refractivity contribution in [2.75, 3.05) is 25.6 Å². The molecule has 1 aromatic carbocycles. The van der Waals surface area contributed by atoms with Crippen LogP contribution < -0.4 is 19.5 Å². The number of amides is 1. The van der Waals surface area contributed by atoms with E-state index < -0.39 is 24.1 Å². The summed E-state index contributed by atoms with van der Waals surface area (Å²) in [7, 11) is 1.52. The number of rotatable bonds is 10.